The highest BCUT2D eigenvalue weighted by Gasteiger charge is 2.22. The molecule has 0 aromatic heterocycles. The summed E-state index contributed by atoms with van der Waals surface area (Å²) in [5.74, 6) is 2.73. The van der Waals surface area contributed by atoms with E-state index < -0.39 is 0 Å². The molecule has 29 heavy (non-hydrogen) atoms. The molecule has 1 aliphatic rings. The summed E-state index contributed by atoms with van der Waals surface area (Å²) in [6, 6.07) is 17.9. The van der Waals surface area contributed by atoms with Crippen LogP contribution in [0.3, 0.4) is 0 Å². The normalized spacial score (nSPS) is 19.2. The fraction of sp³-hybridized carbons (Fsp3) is 0.571. The van der Waals surface area contributed by atoms with Gasteiger partial charge in [0.15, 0.2) is 0 Å². The average Bonchev–Trinajstić information content (AvgIpc) is 2.78. The molecular weight excluding hydrogens is 352 g/mol. The van der Waals surface area contributed by atoms with E-state index >= 15 is 0 Å². The van der Waals surface area contributed by atoms with E-state index in [2.05, 4.69) is 62.4 Å². The van der Waals surface area contributed by atoms with Crippen molar-refractivity contribution in [3.8, 4) is 16.9 Å². The van der Waals surface area contributed by atoms with Crippen molar-refractivity contribution in [1.82, 2.24) is 0 Å². The first-order valence-electron chi connectivity index (χ1n) is 12.1. The quantitative estimate of drug-likeness (QED) is 0.347. The molecule has 3 rings (SSSR count). The standard InChI is InChI=1S/C28H40O/c1-3-5-7-8-9-23-10-12-24(13-11-23)25-14-16-26(17-15-25)27-18-20-28(21-19-27)29-22-6-4-2/h14-21,23-24H,3-13,22H2,1-2H3. The van der Waals surface area contributed by atoms with Crippen molar-refractivity contribution in [2.24, 2.45) is 5.92 Å². The maximum absolute atomic E-state index is 5.78. The minimum atomic E-state index is 0.769. The third-order valence-corrected chi connectivity index (χ3v) is 6.65. The summed E-state index contributed by atoms with van der Waals surface area (Å²) in [5, 5.41) is 0. The lowest BCUT2D eigenvalue weighted by Crippen LogP contribution is -2.13. The molecule has 2 aromatic rings. The molecule has 0 amide bonds. The summed E-state index contributed by atoms with van der Waals surface area (Å²) in [5.41, 5.74) is 4.12. The van der Waals surface area contributed by atoms with E-state index in [1.165, 1.54) is 80.9 Å². The van der Waals surface area contributed by atoms with Crippen LogP contribution in [0.25, 0.3) is 11.1 Å². The molecule has 0 unspecified atom stereocenters. The van der Waals surface area contributed by atoms with Crippen LogP contribution < -0.4 is 4.74 Å². The van der Waals surface area contributed by atoms with Crippen molar-refractivity contribution in [1.29, 1.82) is 0 Å². The topological polar surface area (TPSA) is 9.23 Å². The molecule has 0 atom stereocenters. The monoisotopic (exact) mass is 392 g/mol. The van der Waals surface area contributed by atoms with Crippen LogP contribution in [-0.4, -0.2) is 6.61 Å². The number of hydrogen-bond donors (Lipinski definition) is 0. The van der Waals surface area contributed by atoms with Crippen molar-refractivity contribution in [2.45, 2.75) is 90.4 Å². The predicted molar refractivity (Wildman–Crippen MR) is 126 cm³/mol. The molecule has 1 heteroatoms. The van der Waals surface area contributed by atoms with E-state index in [0.29, 0.717) is 0 Å². The predicted octanol–water partition coefficient (Wildman–Crippen LogP) is 8.78. The van der Waals surface area contributed by atoms with Crippen LogP contribution in [0.15, 0.2) is 48.5 Å². The highest BCUT2D eigenvalue weighted by molar-refractivity contribution is 5.64. The molecule has 1 aliphatic carbocycles. The van der Waals surface area contributed by atoms with Crippen LogP contribution >= 0.6 is 0 Å². The van der Waals surface area contributed by atoms with E-state index in [1.807, 2.05) is 0 Å². The molecular formula is C28H40O. The SMILES string of the molecule is CCCCCCC1CCC(c2ccc(-c3ccc(OCCCC)cc3)cc2)CC1. The molecule has 0 aliphatic heterocycles. The summed E-state index contributed by atoms with van der Waals surface area (Å²) in [6.45, 7) is 5.30. The van der Waals surface area contributed by atoms with Gasteiger partial charge in [-0.3, -0.25) is 0 Å². The lowest BCUT2D eigenvalue weighted by atomic mass is 9.77. The van der Waals surface area contributed by atoms with Gasteiger partial charge in [-0.2, -0.15) is 0 Å². The molecule has 0 radical (unpaired) electrons. The zero-order valence-electron chi connectivity index (χ0n) is 18.7. The first-order valence-corrected chi connectivity index (χ1v) is 12.1. The Morgan fingerprint density at radius 3 is 1.93 bits per heavy atom. The minimum Gasteiger partial charge on any atom is -0.494 e. The van der Waals surface area contributed by atoms with E-state index in [9.17, 15) is 0 Å². The van der Waals surface area contributed by atoms with Gasteiger partial charge in [0.05, 0.1) is 6.61 Å². The fourth-order valence-corrected chi connectivity index (χ4v) is 4.67. The number of unbranched alkanes of at least 4 members (excludes halogenated alkanes) is 4. The van der Waals surface area contributed by atoms with E-state index in [1.54, 1.807) is 0 Å². The Hall–Kier alpha value is -1.76. The summed E-state index contributed by atoms with van der Waals surface area (Å²) in [7, 11) is 0. The lowest BCUT2D eigenvalue weighted by molar-refractivity contribution is 0.302. The second-order valence-corrected chi connectivity index (χ2v) is 8.92. The van der Waals surface area contributed by atoms with Gasteiger partial charge < -0.3 is 4.74 Å². The number of hydrogen-bond acceptors (Lipinski definition) is 1. The second-order valence-electron chi connectivity index (χ2n) is 8.92. The molecule has 0 saturated heterocycles. The summed E-state index contributed by atoms with van der Waals surface area (Å²) >= 11 is 0. The molecule has 1 nitrogen and oxygen atoms in total. The summed E-state index contributed by atoms with van der Waals surface area (Å²) < 4.78 is 5.78. The van der Waals surface area contributed by atoms with Crippen molar-refractivity contribution < 1.29 is 4.74 Å². The van der Waals surface area contributed by atoms with Gasteiger partial charge in [0.1, 0.15) is 5.75 Å². The molecule has 2 aromatic carbocycles. The van der Waals surface area contributed by atoms with E-state index in [0.717, 1.165) is 30.6 Å². The summed E-state index contributed by atoms with van der Waals surface area (Å²) in [6.07, 6.45) is 15.0. The van der Waals surface area contributed by atoms with Crippen LogP contribution in [0, 0.1) is 5.92 Å². The van der Waals surface area contributed by atoms with E-state index in [-0.39, 0.29) is 0 Å². The number of ether oxygens (including phenoxy) is 1. The zero-order valence-corrected chi connectivity index (χ0v) is 18.7. The minimum absolute atomic E-state index is 0.769. The van der Waals surface area contributed by atoms with Gasteiger partial charge in [-0.1, -0.05) is 88.8 Å². The molecule has 0 N–H and O–H groups in total. The molecule has 1 saturated carbocycles. The van der Waals surface area contributed by atoms with E-state index in [4.69, 9.17) is 4.74 Å². The Bertz CT molecular complexity index is 677. The van der Waals surface area contributed by atoms with Crippen LogP contribution in [0.5, 0.6) is 5.75 Å². The van der Waals surface area contributed by atoms with Crippen molar-refractivity contribution in [3.05, 3.63) is 54.1 Å². The van der Waals surface area contributed by atoms with Gasteiger partial charge >= 0.3 is 0 Å². The molecule has 0 bridgehead atoms. The van der Waals surface area contributed by atoms with Gasteiger partial charge in [0, 0.05) is 0 Å². The fourth-order valence-electron chi connectivity index (χ4n) is 4.67. The summed E-state index contributed by atoms with van der Waals surface area (Å²) in [4.78, 5) is 0. The largest absolute Gasteiger partial charge is 0.494 e. The van der Waals surface area contributed by atoms with Crippen molar-refractivity contribution in [3.63, 3.8) is 0 Å². The molecule has 0 heterocycles. The van der Waals surface area contributed by atoms with Crippen LogP contribution in [0.2, 0.25) is 0 Å². The highest BCUT2D eigenvalue weighted by atomic mass is 16.5. The zero-order chi connectivity index (χ0) is 20.3. The molecule has 158 valence electrons. The Morgan fingerprint density at radius 1 is 0.690 bits per heavy atom. The van der Waals surface area contributed by atoms with Gasteiger partial charge in [0.2, 0.25) is 0 Å². The number of benzene rings is 2. The van der Waals surface area contributed by atoms with Crippen LogP contribution in [0.4, 0.5) is 0 Å². The third-order valence-electron chi connectivity index (χ3n) is 6.65. The maximum Gasteiger partial charge on any atom is 0.119 e. The Morgan fingerprint density at radius 2 is 1.31 bits per heavy atom. The lowest BCUT2D eigenvalue weighted by Gasteiger charge is -2.29. The average molecular weight is 393 g/mol. The number of rotatable bonds is 11. The smallest absolute Gasteiger partial charge is 0.119 e. The van der Waals surface area contributed by atoms with Crippen molar-refractivity contribution >= 4 is 0 Å². The Labute approximate surface area is 178 Å². The maximum atomic E-state index is 5.78. The first-order chi connectivity index (χ1) is 14.3. The first kappa shape index (κ1) is 21.9. The van der Waals surface area contributed by atoms with Gasteiger partial charge in [-0.05, 0) is 72.8 Å². The highest BCUT2D eigenvalue weighted by Crippen LogP contribution is 2.38. The molecule has 1 fully saturated rings. The van der Waals surface area contributed by atoms with Crippen molar-refractivity contribution in [2.75, 3.05) is 6.61 Å². The van der Waals surface area contributed by atoms with Crippen LogP contribution in [0.1, 0.15) is 96.0 Å². The van der Waals surface area contributed by atoms with Crippen LogP contribution in [-0.2, 0) is 0 Å². The second kappa shape index (κ2) is 12.1. The Balaban J connectivity index is 1.48. The van der Waals surface area contributed by atoms with Gasteiger partial charge in [-0.15, -0.1) is 0 Å². The third kappa shape index (κ3) is 6.91. The van der Waals surface area contributed by atoms with Gasteiger partial charge in [0.25, 0.3) is 0 Å². The Kier molecular flexibility index (Phi) is 9.12. The van der Waals surface area contributed by atoms with Gasteiger partial charge in [-0.25, -0.2) is 0 Å². The molecule has 0 spiro atoms.